The number of amides is 1. The maximum atomic E-state index is 12.1. The van der Waals surface area contributed by atoms with Gasteiger partial charge in [-0.05, 0) is 46.5 Å². The summed E-state index contributed by atoms with van der Waals surface area (Å²) < 4.78 is 11.4. The number of carbonyl (C=O) groups is 1. The maximum absolute atomic E-state index is 12.1. The minimum absolute atomic E-state index is 0.0986. The molecule has 1 spiro atoms. The lowest BCUT2D eigenvalue weighted by molar-refractivity contribution is -0.00860. The van der Waals surface area contributed by atoms with Crippen molar-refractivity contribution in [2.24, 2.45) is 11.1 Å². The molecule has 3 heterocycles. The third-order valence-electron chi connectivity index (χ3n) is 5.10. The Morgan fingerprint density at radius 2 is 1.95 bits per heavy atom. The van der Waals surface area contributed by atoms with E-state index in [4.69, 9.17) is 15.2 Å². The lowest BCUT2D eigenvalue weighted by Crippen LogP contribution is -2.56. The minimum Gasteiger partial charge on any atom is -0.444 e. The first-order valence-corrected chi connectivity index (χ1v) is 7.71. The van der Waals surface area contributed by atoms with Crippen molar-refractivity contribution in [2.45, 2.75) is 70.3 Å². The number of nitrogens with two attached hydrogens (primary N) is 1. The molecule has 5 nitrogen and oxygen atoms in total. The Balaban J connectivity index is 1.61. The van der Waals surface area contributed by atoms with Gasteiger partial charge in [-0.2, -0.15) is 0 Å². The normalized spacial score (nSPS) is 35.6. The summed E-state index contributed by atoms with van der Waals surface area (Å²) in [4.78, 5) is 13.9. The van der Waals surface area contributed by atoms with Crippen molar-refractivity contribution in [2.75, 3.05) is 13.1 Å². The predicted molar refractivity (Wildman–Crippen MR) is 75.3 cm³/mol. The van der Waals surface area contributed by atoms with Crippen molar-refractivity contribution in [1.29, 1.82) is 0 Å². The van der Waals surface area contributed by atoms with Crippen molar-refractivity contribution < 1.29 is 14.3 Å². The Hall–Kier alpha value is -0.810. The van der Waals surface area contributed by atoms with Gasteiger partial charge in [-0.25, -0.2) is 4.79 Å². The standard InChI is InChI=1S/C15H26N2O3/c1-14(2,3)20-13(18)17-8-6-15(7-9-17)11-5-4-10(19-11)12(15)16/h10-12H,4-9,16H2,1-3H3. The molecule has 3 fully saturated rings. The van der Waals surface area contributed by atoms with Crippen LogP contribution in [0.3, 0.4) is 0 Å². The minimum atomic E-state index is -0.432. The van der Waals surface area contributed by atoms with E-state index in [1.807, 2.05) is 25.7 Å². The van der Waals surface area contributed by atoms with E-state index in [2.05, 4.69) is 0 Å². The highest BCUT2D eigenvalue weighted by molar-refractivity contribution is 5.68. The summed E-state index contributed by atoms with van der Waals surface area (Å²) in [6, 6.07) is 0.141. The molecule has 3 saturated heterocycles. The Morgan fingerprint density at radius 3 is 2.45 bits per heavy atom. The van der Waals surface area contributed by atoms with Crippen LogP contribution >= 0.6 is 0 Å². The zero-order chi connectivity index (χ0) is 14.5. The van der Waals surface area contributed by atoms with Crippen LogP contribution in [0.2, 0.25) is 0 Å². The Morgan fingerprint density at radius 1 is 1.30 bits per heavy atom. The molecule has 3 unspecified atom stereocenters. The molecule has 3 aliphatic rings. The van der Waals surface area contributed by atoms with Gasteiger partial charge in [0.1, 0.15) is 5.60 Å². The lowest BCUT2D eigenvalue weighted by Gasteiger charge is -2.45. The first-order valence-electron chi connectivity index (χ1n) is 7.71. The summed E-state index contributed by atoms with van der Waals surface area (Å²) in [7, 11) is 0. The number of fused-ring (bicyclic) bond motifs is 3. The molecule has 0 radical (unpaired) electrons. The molecule has 1 amide bonds. The number of piperidine rings is 1. The number of hydrogen-bond acceptors (Lipinski definition) is 4. The maximum Gasteiger partial charge on any atom is 0.410 e. The number of rotatable bonds is 0. The quantitative estimate of drug-likeness (QED) is 0.737. The second-order valence-corrected chi connectivity index (χ2v) is 7.47. The number of nitrogens with zero attached hydrogens (tertiary/aromatic N) is 1. The third kappa shape index (κ3) is 2.21. The highest BCUT2D eigenvalue weighted by Crippen LogP contribution is 2.52. The van der Waals surface area contributed by atoms with Crippen molar-refractivity contribution in [3.8, 4) is 0 Å². The Labute approximate surface area is 120 Å². The second-order valence-electron chi connectivity index (χ2n) is 7.47. The fraction of sp³-hybridized carbons (Fsp3) is 0.933. The van der Waals surface area contributed by atoms with Crippen molar-refractivity contribution in [3.05, 3.63) is 0 Å². The molecule has 0 aromatic carbocycles. The molecule has 5 heteroatoms. The summed E-state index contributed by atoms with van der Waals surface area (Å²) >= 11 is 0. The predicted octanol–water partition coefficient (Wildman–Crippen LogP) is 1.89. The summed E-state index contributed by atoms with van der Waals surface area (Å²) in [6.45, 7) is 7.16. The van der Waals surface area contributed by atoms with E-state index < -0.39 is 5.60 Å². The van der Waals surface area contributed by atoms with Crippen LogP contribution in [0.5, 0.6) is 0 Å². The fourth-order valence-corrected chi connectivity index (χ4v) is 4.02. The van der Waals surface area contributed by atoms with E-state index in [0.717, 1.165) is 38.8 Å². The number of likely N-dealkylation sites (tertiary alicyclic amines) is 1. The van der Waals surface area contributed by atoms with Gasteiger partial charge in [-0.3, -0.25) is 0 Å². The monoisotopic (exact) mass is 282 g/mol. The van der Waals surface area contributed by atoms with Crippen LogP contribution in [0.4, 0.5) is 4.79 Å². The Bertz CT molecular complexity index is 392. The van der Waals surface area contributed by atoms with Crippen molar-refractivity contribution in [1.82, 2.24) is 4.90 Å². The smallest absolute Gasteiger partial charge is 0.410 e. The molecule has 2 N–H and O–H groups in total. The molecular formula is C15H26N2O3. The SMILES string of the molecule is CC(C)(C)OC(=O)N1CCC2(CC1)C1CCC(O1)C2N. The summed E-state index contributed by atoms with van der Waals surface area (Å²) in [5.74, 6) is 0. The zero-order valence-corrected chi connectivity index (χ0v) is 12.7. The van der Waals surface area contributed by atoms with Crippen LogP contribution in [-0.2, 0) is 9.47 Å². The summed E-state index contributed by atoms with van der Waals surface area (Å²) in [6.07, 6.45) is 4.46. The van der Waals surface area contributed by atoms with E-state index in [0.29, 0.717) is 6.10 Å². The van der Waals surface area contributed by atoms with Crippen LogP contribution in [0.1, 0.15) is 46.5 Å². The molecular weight excluding hydrogens is 256 g/mol. The van der Waals surface area contributed by atoms with Gasteiger partial charge in [0.05, 0.1) is 12.2 Å². The summed E-state index contributed by atoms with van der Waals surface area (Å²) in [5.41, 5.74) is 6.06. The fourth-order valence-electron chi connectivity index (χ4n) is 4.02. The van der Waals surface area contributed by atoms with Crippen molar-refractivity contribution >= 4 is 6.09 Å². The van der Waals surface area contributed by atoms with E-state index in [1.54, 1.807) is 0 Å². The molecule has 114 valence electrons. The molecule has 2 bridgehead atoms. The topological polar surface area (TPSA) is 64.8 Å². The van der Waals surface area contributed by atoms with Gasteiger partial charge in [0, 0.05) is 24.5 Å². The van der Waals surface area contributed by atoms with Crippen LogP contribution in [-0.4, -0.2) is 47.9 Å². The van der Waals surface area contributed by atoms with E-state index >= 15 is 0 Å². The van der Waals surface area contributed by atoms with Gasteiger partial charge in [-0.1, -0.05) is 0 Å². The molecule has 3 atom stereocenters. The van der Waals surface area contributed by atoms with E-state index in [-0.39, 0.29) is 23.7 Å². The van der Waals surface area contributed by atoms with Gasteiger partial charge in [0.25, 0.3) is 0 Å². The first-order chi connectivity index (χ1) is 9.32. The lowest BCUT2D eigenvalue weighted by atomic mass is 9.65. The number of hydrogen-bond donors (Lipinski definition) is 1. The largest absolute Gasteiger partial charge is 0.444 e. The van der Waals surface area contributed by atoms with Gasteiger partial charge < -0.3 is 20.1 Å². The first kappa shape index (κ1) is 14.1. The zero-order valence-electron chi connectivity index (χ0n) is 12.7. The molecule has 0 aromatic rings. The third-order valence-corrected chi connectivity index (χ3v) is 5.10. The van der Waals surface area contributed by atoms with Crippen molar-refractivity contribution in [3.63, 3.8) is 0 Å². The van der Waals surface area contributed by atoms with Gasteiger partial charge in [-0.15, -0.1) is 0 Å². The van der Waals surface area contributed by atoms with Crippen LogP contribution in [0.15, 0.2) is 0 Å². The molecule has 0 saturated carbocycles. The van der Waals surface area contributed by atoms with Crippen LogP contribution < -0.4 is 5.73 Å². The van der Waals surface area contributed by atoms with E-state index in [9.17, 15) is 4.79 Å². The molecule has 20 heavy (non-hydrogen) atoms. The van der Waals surface area contributed by atoms with Gasteiger partial charge in [0.2, 0.25) is 0 Å². The number of ether oxygens (including phenoxy) is 2. The Kier molecular flexibility index (Phi) is 3.25. The van der Waals surface area contributed by atoms with E-state index in [1.165, 1.54) is 0 Å². The molecule has 0 aliphatic carbocycles. The van der Waals surface area contributed by atoms with Crippen LogP contribution in [0, 0.1) is 5.41 Å². The average molecular weight is 282 g/mol. The summed E-state index contributed by atoms with van der Waals surface area (Å²) in [5, 5.41) is 0. The average Bonchev–Trinajstić information content (AvgIpc) is 2.92. The van der Waals surface area contributed by atoms with Crippen LogP contribution in [0.25, 0.3) is 0 Å². The second kappa shape index (κ2) is 4.60. The molecule has 3 aliphatic heterocycles. The number of carbonyl (C=O) groups excluding carboxylic acids is 1. The molecule has 3 rings (SSSR count). The van der Waals surface area contributed by atoms with Gasteiger partial charge >= 0.3 is 6.09 Å². The molecule has 0 aromatic heterocycles. The highest BCUT2D eigenvalue weighted by Gasteiger charge is 2.58. The van der Waals surface area contributed by atoms with Gasteiger partial charge in [0.15, 0.2) is 0 Å². The highest BCUT2D eigenvalue weighted by atomic mass is 16.6.